The van der Waals surface area contributed by atoms with Gasteiger partial charge in [0.05, 0.1) is 5.69 Å². The molecule has 5 aromatic rings. The maximum atomic E-state index is 13.2. The Balaban J connectivity index is 1.49. The maximum absolute atomic E-state index is 13.2. The highest BCUT2D eigenvalue weighted by molar-refractivity contribution is 7.81. The van der Waals surface area contributed by atoms with Crippen molar-refractivity contribution in [3.05, 3.63) is 120 Å². The van der Waals surface area contributed by atoms with Crippen molar-refractivity contribution in [3.63, 3.8) is 0 Å². The minimum absolute atomic E-state index is 0.339. The van der Waals surface area contributed by atoms with Crippen LogP contribution in [0.2, 0.25) is 0 Å². The number of carbonyl (C=O) groups is 1. The molecule has 3 aromatic carbocycles. The molecule has 1 unspecified atom stereocenters. The highest BCUT2D eigenvalue weighted by Gasteiger charge is 2.25. The average molecular weight is 524 g/mol. The highest BCUT2D eigenvalue weighted by atomic mass is 32.2. The Morgan fingerprint density at radius 1 is 0.974 bits per heavy atom. The lowest BCUT2D eigenvalue weighted by Crippen LogP contribution is -2.32. The molecule has 2 aromatic heterocycles. The Morgan fingerprint density at radius 3 is 2.39 bits per heavy atom. The van der Waals surface area contributed by atoms with Crippen molar-refractivity contribution in [2.24, 2.45) is 0 Å². The monoisotopic (exact) mass is 523 g/mol. The number of aromatic nitrogens is 2. The molecule has 1 atom stereocenters. The van der Waals surface area contributed by atoms with Crippen LogP contribution in [0.5, 0.6) is 0 Å². The van der Waals surface area contributed by atoms with Gasteiger partial charge in [0.15, 0.2) is 0 Å². The summed E-state index contributed by atoms with van der Waals surface area (Å²) in [4.78, 5) is 17.9. The fourth-order valence-corrected chi connectivity index (χ4v) is 5.37. The van der Waals surface area contributed by atoms with Crippen LogP contribution >= 0.6 is 0 Å². The zero-order chi connectivity index (χ0) is 26.6. The first-order valence-electron chi connectivity index (χ1n) is 12.6. The third-order valence-electron chi connectivity index (χ3n) is 6.70. The van der Waals surface area contributed by atoms with Gasteiger partial charge in [0.1, 0.15) is 5.65 Å². The van der Waals surface area contributed by atoms with Gasteiger partial charge in [-0.15, -0.1) is 0 Å². The van der Waals surface area contributed by atoms with Crippen molar-refractivity contribution < 1.29 is 13.6 Å². The van der Waals surface area contributed by atoms with Crippen molar-refractivity contribution in [3.8, 4) is 11.1 Å². The molecule has 2 heterocycles. The number of fused-ring (bicyclic) bond motifs is 1. The van der Waals surface area contributed by atoms with Gasteiger partial charge in [0.25, 0.3) is 17.2 Å². The summed E-state index contributed by atoms with van der Waals surface area (Å²) in [6.07, 6.45) is 3.89. The largest absolute Gasteiger partial charge is 0.325 e. The van der Waals surface area contributed by atoms with Crippen molar-refractivity contribution >= 4 is 33.9 Å². The van der Waals surface area contributed by atoms with Crippen LogP contribution in [-0.2, 0) is 24.2 Å². The number of hydrogen-bond acceptors (Lipinski definition) is 3. The molecule has 0 aliphatic rings. The number of rotatable bonds is 8. The standard InChI is InChI=1S/C31H29N3O3S/c1-3-9-26-20-28-22(2)18-19-32-30(28)33(26)21-23-14-16-24(17-15-23)27-12-7-8-13-29(27)34(38(36)37)31(35)25-10-5-4-6-11-25/h4-8,10-20H,3,9,21H2,1-2H3,(H,36,37). The van der Waals surface area contributed by atoms with Crippen LogP contribution in [-0.4, -0.2) is 24.2 Å². The molecule has 5 rings (SSSR count). The molecular weight excluding hydrogens is 494 g/mol. The average Bonchev–Trinajstić information content (AvgIpc) is 3.28. The molecule has 0 fully saturated rings. The van der Waals surface area contributed by atoms with E-state index >= 15 is 0 Å². The molecule has 0 aliphatic heterocycles. The zero-order valence-corrected chi connectivity index (χ0v) is 22.2. The molecule has 7 heteroatoms. The minimum Gasteiger partial charge on any atom is -0.325 e. The van der Waals surface area contributed by atoms with Crippen LogP contribution in [0.4, 0.5) is 5.69 Å². The number of anilines is 1. The Hall–Kier alpha value is -4.07. The van der Waals surface area contributed by atoms with E-state index in [-0.39, 0.29) is 0 Å². The first kappa shape index (κ1) is 25.6. The number of amides is 1. The second kappa shape index (κ2) is 11.1. The first-order chi connectivity index (χ1) is 18.5. The van der Waals surface area contributed by atoms with Gasteiger partial charge in [-0.3, -0.25) is 9.35 Å². The van der Waals surface area contributed by atoms with Crippen LogP contribution in [0.1, 0.15) is 40.5 Å². The first-order valence-corrected chi connectivity index (χ1v) is 13.7. The summed E-state index contributed by atoms with van der Waals surface area (Å²) in [7, 11) is 0. The predicted molar refractivity (Wildman–Crippen MR) is 153 cm³/mol. The molecule has 0 bridgehead atoms. The van der Waals surface area contributed by atoms with Crippen molar-refractivity contribution in [1.82, 2.24) is 9.55 Å². The van der Waals surface area contributed by atoms with Crippen LogP contribution in [0.25, 0.3) is 22.2 Å². The lowest BCUT2D eigenvalue weighted by atomic mass is 10.0. The Labute approximate surface area is 225 Å². The molecule has 1 amide bonds. The lowest BCUT2D eigenvalue weighted by molar-refractivity contribution is 0.100. The predicted octanol–water partition coefficient (Wildman–Crippen LogP) is 6.80. The summed E-state index contributed by atoms with van der Waals surface area (Å²) in [5.74, 6) is -0.541. The molecule has 0 spiro atoms. The number of aryl methyl sites for hydroxylation is 2. The Morgan fingerprint density at radius 2 is 1.68 bits per heavy atom. The van der Waals surface area contributed by atoms with Crippen LogP contribution in [0.15, 0.2) is 97.2 Å². The molecule has 38 heavy (non-hydrogen) atoms. The lowest BCUT2D eigenvalue weighted by Gasteiger charge is -2.21. The SMILES string of the molecule is CCCc1cc2c(C)ccnc2n1Cc1ccc(-c2ccccc2N(C(=O)c2ccccc2)S(=O)O)cc1. The number of para-hydroxylation sites is 1. The zero-order valence-electron chi connectivity index (χ0n) is 21.4. The van der Waals surface area contributed by atoms with Gasteiger partial charge in [-0.25, -0.2) is 13.5 Å². The molecule has 0 radical (unpaired) electrons. The molecule has 1 N–H and O–H groups in total. The van der Waals surface area contributed by atoms with Gasteiger partial charge in [0, 0.05) is 34.9 Å². The summed E-state index contributed by atoms with van der Waals surface area (Å²) >= 11 is -2.54. The van der Waals surface area contributed by atoms with E-state index < -0.39 is 17.2 Å². The third kappa shape index (κ3) is 5.03. The van der Waals surface area contributed by atoms with Gasteiger partial charge < -0.3 is 4.57 Å². The Kier molecular flexibility index (Phi) is 7.49. The second-order valence-electron chi connectivity index (χ2n) is 9.25. The van der Waals surface area contributed by atoms with E-state index in [1.807, 2.05) is 36.5 Å². The number of pyridine rings is 1. The summed E-state index contributed by atoms with van der Waals surface area (Å²) in [6.45, 7) is 4.98. The van der Waals surface area contributed by atoms with Gasteiger partial charge in [0.2, 0.25) is 0 Å². The van der Waals surface area contributed by atoms with E-state index in [1.54, 1.807) is 42.5 Å². The third-order valence-corrected chi connectivity index (χ3v) is 7.37. The summed E-state index contributed by atoms with van der Waals surface area (Å²) in [6, 6.07) is 28.1. The van der Waals surface area contributed by atoms with Crippen molar-refractivity contribution in [1.29, 1.82) is 0 Å². The molecule has 192 valence electrons. The van der Waals surface area contributed by atoms with Crippen molar-refractivity contribution in [2.75, 3.05) is 4.31 Å². The van der Waals surface area contributed by atoms with Crippen LogP contribution in [0, 0.1) is 6.92 Å². The van der Waals surface area contributed by atoms with E-state index in [0.717, 1.165) is 33.9 Å². The van der Waals surface area contributed by atoms with Gasteiger partial charge in [-0.05, 0) is 60.4 Å². The summed E-state index contributed by atoms with van der Waals surface area (Å²) in [5, 5.41) is 1.18. The smallest absolute Gasteiger partial charge is 0.272 e. The van der Waals surface area contributed by atoms with E-state index in [2.05, 4.69) is 41.6 Å². The highest BCUT2D eigenvalue weighted by Crippen LogP contribution is 2.33. The van der Waals surface area contributed by atoms with Gasteiger partial charge >= 0.3 is 0 Å². The summed E-state index contributed by atoms with van der Waals surface area (Å²) < 4.78 is 25.7. The van der Waals surface area contributed by atoms with E-state index in [0.29, 0.717) is 23.4 Å². The number of benzene rings is 3. The van der Waals surface area contributed by atoms with Gasteiger partial charge in [-0.1, -0.05) is 74.0 Å². The fraction of sp³-hybridized carbons (Fsp3) is 0.161. The fourth-order valence-electron chi connectivity index (χ4n) is 4.80. The number of carbonyl (C=O) groups excluding carboxylic acids is 1. The van der Waals surface area contributed by atoms with E-state index in [9.17, 15) is 13.6 Å². The number of nitrogens with zero attached hydrogens (tertiary/aromatic N) is 3. The van der Waals surface area contributed by atoms with Crippen LogP contribution < -0.4 is 4.31 Å². The van der Waals surface area contributed by atoms with E-state index in [1.165, 1.54) is 16.6 Å². The van der Waals surface area contributed by atoms with Crippen LogP contribution in [0.3, 0.4) is 0 Å². The molecule has 0 saturated carbocycles. The Bertz CT molecular complexity index is 1610. The second-order valence-corrected chi connectivity index (χ2v) is 10.1. The molecule has 6 nitrogen and oxygen atoms in total. The maximum Gasteiger partial charge on any atom is 0.272 e. The normalized spacial score (nSPS) is 12.0. The number of hydrogen-bond donors (Lipinski definition) is 1. The topological polar surface area (TPSA) is 75.4 Å². The quantitative estimate of drug-likeness (QED) is 0.227. The van der Waals surface area contributed by atoms with E-state index in [4.69, 9.17) is 0 Å². The molecular formula is C31H29N3O3S. The van der Waals surface area contributed by atoms with Gasteiger partial charge in [-0.2, -0.15) is 0 Å². The molecule has 0 aliphatic carbocycles. The minimum atomic E-state index is -2.54. The summed E-state index contributed by atoms with van der Waals surface area (Å²) in [5.41, 5.74) is 6.84. The molecule has 0 saturated heterocycles. The van der Waals surface area contributed by atoms with Crippen molar-refractivity contribution in [2.45, 2.75) is 33.2 Å².